The van der Waals surface area contributed by atoms with Crippen LogP contribution in [-0.2, 0) is 17.1 Å². The van der Waals surface area contributed by atoms with Crippen LogP contribution in [0.25, 0.3) is 10.9 Å². The van der Waals surface area contributed by atoms with Crippen molar-refractivity contribution < 1.29 is 27.1 Å². The van der Waals surface area contributed by atoms with Gasteiger partial charge in [0.05, 0.1) is 40.5 Å². The molecule has 3 heterocycles. The van der Waals surface area contributed by atoms with E-state index in [1.807, 2.05) is 11.0 Å². The first-order chi connectivity index (χ1) is 20.0. The number of hydrogen-bond donors (Lipinski definition) is 3. The molecule has 0 bridgehead atoms. The fraction of sp³-hybridized carbons (Fsp3) is 0.517. The molecule has 1 aliphatic carbocycles. The van der Waals surface area contributed by atoms with Gasteiger partial charge in [0.25, 0.3) is 11.8 Å². The molecule has 2 saturated heterocycles. The number of aromatic nitrogens is 2. The number of nitrogens with zero attached hydrogens (tertiary/aromatic N) is 4. The van der Waals surface area contributed by atoms with Gasteiger partial charge < -0.3 is 20.2 Å². The third-order valence-corrected chi connectivity index (χ3v) is 10.2. The molecule has 42 heavy (non-hydrogen) atoms. The highest BCUT2D eigenvalue weighted by molar-refractivity contribution is 7.92. The maximum atomic E-state index is 13.8. The number of aliphatic hydroxyl groups excluding tert-OH is 1. The van der Waals surface area contributed by atoms with Crippen LogP contribution in [0.4, 0.5) is 31.7 Å². The molecule has 226 valence electrons. The molecule has 1 amide bonds. The fourth-order valence-electron chi connectivity index (χ4n) is 6.19. The molecule has 2 aromatic carbocycles. The predicted molar refractivity (Wildman–Crippen MR) is 159 cm³/mol. The van der Waals surface area contributed by atoms with E-state index in [1.165, 1.54) is 12.8 Å². The van der Waals surface area contributed by atoms with Crippen LogP contribution in [0.2, 0.25) is 0 Å². The van der Waals surface area contributed by atoms with E-state index in [4.69, 9.17) is 5.11 Å². The molecule has 13 heteroatoms. The molecular weight excluding hydrogens is 566 g/mol. The van der Waals surface area contributed by atoms with Crippen LogP contribution in [0, 0.1) is 5.41 Å². The van der Waals surface area contributed by atoms with Crippen molar-refractivity contribution in [1.82, 2.24) is 9.78 Å². The zero-order valence-electron chi connectivity index (χ0n) is 23.6. The van der Waals surface area contributed by atoms with Crippen LogP contribution in [0.3, 0.4) is 0 Å². The van der Waals surface area contributed by atoms with E-state index in [1.54, 1.807) is 42.1 Å². The molecule has 0 radical (unpaired) electrons. The molecule has 1 aromatic heterocycles. The number of nitrogens with one attached hydrogen (secondary N) is 2. The first kappa shape index (κ1) is 28.7. The van der Waals surface area contributed by atoms with Crippen LogP contribution in [0.5, 0.6) is 0 Å². The van der Waals surface area contributed by atoms with Gasteiger partial charge in [-0.15, -0.1) is 0 Å². The highest BCUT2D eigenvalue weighted by Crippen LogP contribution is 2.54. The highest BCUT2D eigenvalue weighted by Gasteiger charge is 2.44. The Labute approximate surface area is 243 Å². The zero-order chi connectivity index (χ0) is 29.7. The fourth-order valence-corrected chi connectivity index (χ4v) is 7.02. The number of fused-ring (bicyclic) bond motifs is 1. The number of anilines is 4. The number of rotatable bonds is 8. The summed E-state index contributed by atoms with van der Waals surface area (Å²) in [5.41, 5.74) is 3.00. The quantitative estimate of drug-likeness (QED) is 0.354. The number of para-hydroxylation sites is 1. The number of halogens is 2. The van der Waals surface area contributed by atoms with E-state index in [-0.39, 0.29) is 31.8 Å². The summed E-state index contributed by atoms with van der Waals surface area (Å²) in [5.74, 6) is -2.83. The minimum Gasteiger partial charge on any atom is -0.395 e. The molecule has 0 atom stereocenters. The summed E-state index contributed by atoms with van der Waals surface area (Å²) in [4.78, 5) is 17.8. The minimum atomic E-state index is -3.74. The number of sulfonamides is 1. The molecule has 2 aliphatic heterocycles. The van der Waals surface area contributed by atoms with E-state index in [2.05, 4.69) is 20.0 Å². The summed E-state index contributed by atoms with van der Waals surface area (Å²) in [6, 6.07) is 10.3. The van der Waals surface area contributed by atoms with Crippen molar-refractivity contribution in [3.8, 4) is 0 Å². The number of piperidine rings is 2. The summed E-state index contributed by atoms with van der Waals surface area (Å²) >= 11 is 0. The Balaban J connectivity index is 1.30. The van der Waals surface area contributed by atoms with Crippen LogP contribution >= 0.6 is 0 Å². The van der Waals surface area contributed by atoms with Gasteiger partial charge in [-0.1, -0.05) is 6.07 Å². The van der Waals surface area contributed by atoms with Gasteiger partial charge in [-0.2, -0.15) is 5.10 Å². The van der Waals surface area contributed by atoms with E-state index < -0.39 is 28.3 Å². The van der Waals surface area contributed by atoms with Gasteiger partial charge in [-0.3, -0.25) is 14.2 Å². The second-order valence-corrected chi connectivity index (χ2v) is 13.7. The van der Waals surface area contributed by atoms with Gasteiger partial charge in [-0.05, 0) is 61.4 Å². The van der Waals surface area contributed by atoms with Crippen molar-refractivity contribution in [3.63, 3.8) is 0 Å². The SMILES string of the molecule is Cn1nc(N2CCC(F)(F)CC2)c2cccc(NC(=O)c3ccc(NS(=O)(=O)CCO)cc3N3CCC4(CC3)CC4)c21. The lowest BCUT2D eigenvalue weighted by Gasteiger charge is -2.35. The zero-order valence-corrected chi connectivity index (χ0v) is 24.4. The number of amides is 1. The van der Waals surface area contributed by atoms with Gasteiger partial charge in [0.1, 0.15) is 0 Å². The number of hydrogen-bond acceptors (Lipinski definition) is 7. The Morgan fingerprint density at radius 1 is 1.00 bits per heavy atom. The lowest BCUT2D eigenvalue weighted by atomic mass is 9.93. The van der Waals surface area contributed by atoms with Gasteiger partial charge in [0, 0.05) is 51.5 Å². The van der Waals surface area contributed by atoms with E-state index in [0.29, 0.717) is 39.4 Å². The van der Waals surface area contributed by atoms with Crippen molar-refractivity contribution in [2.75, 3.05) is 58.4 Å². The summed E-state index contributed by atoms with van der Waals surface area (Å²) in [6.07, 6.45) is 4.04. The number of aryl methyl sites for hydroxylation is 1. The highest BCUT2D eigenvalue weighted by atomic mass is 32.2. The topological polar surface area (TPSA) is 120 Å². The molecule has 1 spiro atoms. The maximum absolute atomic E-state index is 13.8. The van der Waals surface area contributed by atoms with Gasteiger partial charge in [0.15, 0.2) is 5.82 Å². The molecular formula is C29H36F2N6O4S. The van der Waals surface area contributed by atoms with Crippen molar-refractivity contribution in [3.05, 3.63) is 42.0 Å². The third-order valence-electron chi connectivity index (χ3n) is 8.89. The molecule has 3 N–H and O–H groups in total. The van der Waals surface area contributed by atoms with Crippen molar-refractivity contribution in [2.45, 2.75) is 44.4 Å². The Bertz CT molecular complexity index is 1600. The molecule has 3 aliphatic rings. The predicted octanol–water partition coefficient (Wildman–Crippen LogP) is 4.18. The van der Waals surface area contributed by atoms with E-state index >= 15 is 0 Å². The summed E-state index contributed by atoms with van der Waals surface area (Å²) in [7, 11) is -1.98. The second kappa shape index (κ2) is 10.7. The van der Waals surface area contributed by atoms with Crippen molar-refractivity contribution >= 4 is 49.7 Å². The summed E-state index contributed by atoms with van der Waals surface area (Å²) in [6.45, 7) is 1.43. The average Bonchev–Trinajstić information content (AvgIpc) is 3.61. The van der Waals surface area contributed by atoms with Crippen LogP contribution in [0.15, 0.2) is 36.4 Å². The molecule has 10 nitrogen and oxygen atoms in total. The largest absolute Gasteiger partial charge is 0.395 e. The Hall–Kier alpha value is -3.45. The number of carbonyl (C=O) groups excluding carboxylic acids is 1. The van der Waals surface area contributed by atoms with Gasteiger partial charge in [0.2, 0.25) is 10.0 Å². The maximum Gasteiger partial charge on any atom is 0.257 e. The number of carbonyl (C=O) groups is 1. The molecule has 1 saturated carbocycles. The minimum absolute atomic E-state index is 0.199. The van der Waals surface area contributed by atoms with Crippen LogP contribution in [0.1, 0.15) is 48.9 Å². The molecule has 3 aromatic rings. The van der Waals surface area contributed by atoms with E-state index in [0.717, 1.165) is 31.3 Å². The standard InChI is InChI=1S/C29H36F2N6O4S/c1-35-25-22(26(33-35)37-15-11-29(30,31)12-16-37)3-2-4-23(25)32-27(39)21-6-5-20(34-42(40,41)18-17-38)19-24(21)36-13-9-28(7-8-28)10-14-36/h2-6,19,34,38H,7-18H2,1H3,(H,32,39). The third kappa shape index (κ3) is 5.76. The molecule has 6 rings (SSSR count). The second-order valence-electron chi connectivity index (χ2n) is 11.8. The molecule has 3 fully saturated rings. The summed E-state index contributed by atoms with van der Waals surface area (Å²) < 4.78 is 56.4. The first-order valence-electron chi connectivity index (χ1n) is 14.4. The lowest BCUT2D eigenvalue weighted by Crippen LogP contribution is -2.39. The van der Waals surface area contributed by atoms with Crippen molar-refractivity contribution in [1.29, 1.82) is 0 Å². The summed E-state index contributed by atoms with van der Waals surface area (Å²) in [5, 5.41) is 17.5. The van der Waals surface area contributed by atoms with Gasteiger partial charge >= 0.3 is 0 Å². The Morgan fingerprint density at radius 3 is 2.36 bits per heavy atom. The number of alkyl halides is 2. The van der Waals surface area contributed by atoms with Gasteiger partial charge in [-0.25, -0.2) is 17.2 Å². The molecule has 0 unspecified atom stereocenters. The Morgan fingerprint density at radius 2 is 1.69 bits per heavy atom. The monoisotopic (exact) mass is 602 g/mol. The number of benzene rings is 2. The number of aliphatic hydroxyl groups is 1. The van der Waals surface area contributed by atoms with Crippen LogP contribution in [-0.4, -0.2) is 73.7 Å². The Kier molecular flexibility index (Phi) is 7.28. The van der Waals surface area contributed by atoms with E-state index in [9.17, 15) is 22.0 Å². The normalized spacial score (nSPS) is 19.7. The van der Waals surface area contributed by atoms with Crippen molar-refractivity contribution in [2.24, 2.45) is 12.5 Å². The first-order valence-corrected chi connectivity index (χ1v) is 16.0. The van der Waals surface area contributed by atoms with Crippen LogP contribution < -0.4 is 19.8 Å². The average molecular weight is 603 g/mol. The smallest absolute Gasteiger partial charge is 0.257 e. The lowest BCUT2D eigenvalue weighted by molar-refractivity contribution is -0.0221.